The molecule has 3 nitrogen and oxygen atoms in total. The molecule has 0 N–H and O–H groups in total. The third-order valence-electron chi connectivity index (χ3n) is 3.80. The number of hydrogen-bond acceptors (Lipinski definition) is 3. The third kappa shape index (κ3) is 2.41. The van der Waals surface area contributed by atoms with E-state index in [1.54, 1.807) is 0 Å². The quantitative estimate of drug-likeness (QED) is 0.801. The highest BCUT2D eigenvalue weighted by atomic mass is 16.5. The number of para-hydroxylation sites is 1. The van der Waals surface area contributed by atoms with Gasteiger partial charge in [-0.15, -0.1) is 0 Å². The summed E-state index contributed by atoms with van der Waals surface area (Å²) in [5.74, 6) is 0.981. The highest BCUT2D eigenvalue weighted by Crippen LogP contribution is 2.27. The molecule has 0 radical (unpaired) electrons. The number of ether oxygens (including phenoxy) is 1. The van der Waals surface area contributed by atoms with Gasteiger partial charge in [-0.1, -0.05) is 18.6 Å². The number of Topliss-reactive ketones (excluding diaryl/α,β-unsaturated/α-hetero) is 1. The van der Waals surface area contributed by atoms with Crippen molar-refractivity contribution in [3.63, 3.8) is 0 Å². The minimum Gasteiger partial charge on any atom is -0.488 e. The minimum atomic E-state index is 0.0329. The Morgan fingerprint density at radius 3 is 2.78 bits per heavy atom. The van der Waals surface area contributed by atoms with Crippen molar-refractivity contribution in [3.05, 3.63) is 29.8 Å². The van der Waals surface area contributed by atoms with Crippen molar-refractivity contribution in [2.45, 2.75) is 31.8 Å². The first-order valence-electron chi connectivity index (χ1n) is 6.84. The van der Waals surface area contributed by atoms with Crippen LogP contribution >= 0.6 is 0 Å². The summed E-state index contributed by atoms with van der Waals surface area (Å²) in [5.41, 5.74) is 0.743. The molecule has 0 unspecified atom stereocenters. The number of ketones is 1. The third-order valence-corrected chi connectivity index (χ3v) is 3.80. The molecule has 2 aliphatic rings. The fraction of sp³-hybridized carbons (Fsp3) is 0.533. The normalized spacial score (nSPS) is 24.4. The largest absolute Gasteiger partial charge is 0.488 e. The van der Waals surface area contributed by atoms with E-state index in [2.05, 4.69) is 4.90 Å². The SMILES string of the molecule is O=C1C[C@H](CN2CCCCC2)Oc2ccccc21. The fourth-order valence-corrected chi connectivity index (χ4v) is 2.87. The summed E-state index contributed by atoms with van der Waals surface area (Å²) < 4.78 is 5.94. The van der Waals surface area contributed by atoms with Crippen LogP contribution in [0.5, 0.6) is 5.75 Å². The average Bonchev–Trinajstić information content (AvgIpc) is 2.40. The molecule has 0 aliphatic carbocycles. The number of likely N-dealkylation sites (tertiary alicyclic amines) is 1. The van der Waals surface area contributed by atoms with Gasteiger partial charge in [0.15, 0.2) is 5.78 Å². The number of carbonyl (C=O) groups is 1. The van der Waals surface area contributed by atoms with Crippen molar-refractivity contribution >= 4 is 5.78 Å². The molecule has 96 valence electrons. The second-order valence-corrected chi connectivity index (χ2v) is 5.22. The molecule has 2 aliphatic heterocycles. The lowest BCUT2D eigenvalue weighted by Crippen LogP contribution is -2.41. The molecule has 18 heavy (non-hydrogen) atoms. The fourth-order valence-electron chi connectivity index (χ4n) is 2.87. The summed E-state index contributed by atoms with van der Waals surface area (Å²) >= 11 is 0. The van der Waals surface area contributed by atoms with E-state index in [0.717, 1.165) is 30.9 Å². The van der Waals surface area contributed by atoms with Crippen LogP contribution in [0.25, 0.3) is 0 Å². The maximum absolute atomic E-state index is 12.0. The first-order valence-corrected chi connectivity index (χ1v) is 6.84. The summed E-state index contributed by atoms with van der Waals surface area (Å²) in [6, 6.07) is 7.57. The number of carbonyl (C=O) groups excluding carboxylic acids is 1. The smallest absolute Gasteiger partial charge is 0.170 e. The zero-order chi connectivity index (χ0) is 12.4. The Morgan fingerprint density at radius 1 is 1.17 bits per heavy atom. The summed E-state index contributed by atoms with van der Waals surface area (Å²) in [4.78, 5) is 14.5. The molecule has 1 aromatic carbocycles. The van der Waals surface area contributed by atoms with Crippen molar-refractivity contribution in [3.8, 4) is 5.75 Å². The predicted octanol–water partition coefficient (Wildman–Crippen LogP) is 2.51. The van der Waals surface area contributed by atoms with Crippen LogP contribution in [0.2, 0.25) is 0 Å². The summed E-state index contributed by atoms with van der Waals surface area (Å²) in [5, 5.41) is 0. The molecule has 0 bridgehead atoms. The Labute approximate surface area is 108 Å². The minimum absolute atomic E-state index is 0.0329. The van der Waals surface area contributed by atoms with Gasteiger partial charge in [0.25, 0.3) is 0 Å². The Balaban J connectivity index is 1.68. The molecule has 0 amide bonds. The van der Waals surface area contributed by atoms with Crippen LogP contribution in [0.3, 0.4) is 0 Å². The molecule has 1 fully saturated rings. The number of fused-ring (bicyclic) bond motifs is 1. The molecule has 0 saturated carbocycles. The van der Waals surface area contributed by atoms with Crippen LogP contribution < -0.4 is 4.74 Å². The lowest BCUT2D eigenvalue weighted by Gasteiger charge is -2.32. The molecule has 1 saturated heterocycles. The molecule has 3 rings (SSSR count). The van der Waals surface area contributed by atoms with Gasteiger partial charge in [0.05, 0.1) is 5.56 Å². The van der Waals surface area contributed by atoms with Crippen LogP contribution in [-0.4, -0.2) is 36.4 Å². The highest BCUT2D eigenvalue weighted by molar-refractivity contribution is 5.99. The second kappa shape index (κ2) is 5.11. The number of nitrogens with zero attached hydrogens (tertiary/aromatic N) is 1. The molecular weight excluding hydrogens is 226 g/mol. The van der Waals surface area contributed by atoms with E-state index in [1.165, 1.54) is 19.3 Å². The van der Waals surface area contributed by atoms with Gasteiger partial charge < -0.3 is 4.74 Å². The van der Waals surface area contributed by atoms with Crippen molar-refractivity contribution < 1.29 is 9.53 Å². The van der Waals surface area contributed by atoms with E-state index in [1.807, 2.05) is 24.3 Å². The lowest BCUT2D eigenvalue weighted by atomic mass is 10.00. The standard InChI is InChI=1S/C15H19NO2/c17-14-10-12(11-16-8-4-1-5-9-16)18-15-7-3-2-6-13(14)15/h2-3,6-7,12H,1,4-5,8-11H2/t12-/m1/s1. The molecular formula is C15H19NO2. The van der Waals surface area contributed by atoms with Crippen LogP contribution in [0.1, 0.15) is 36.0 Å². The topological polar surface area (TPSA) is 29.5 Å². The van der Waals surface area contributed by atoms with Gasteiger partial charge in [0, 0.05) is 13.0 Å². The Bertz CT molecular complexity index is 438. The van der Waals surface area contributed by atoms with Crippen LogP contribution in [0.4, 0.5) is 0 Å². The van der Waals surface area contributed by atoms with Gasteiger partial charge in [-0.3, -0.25) is 9.69 Å². The molecule has 2 heterocycles. The van der Waals surface area contributed by atoms with Gasteiger partial charge in [-0.05, 0) is 38.1 Å². The van der Waals surface area contributed by atoms with Crippen LogP contribution in [0.15, 0.2) is 24.3 Å². The van der Waals surface area contributed by atoms with Crippen LogP contribution in [-0.2, 0) is 0 Å². The Morgan fingerprint density at radius 2 is 1.94 bits per heavy atom. The molecule has 0 spiro atoms. The van der Waals surface area contributed by atoms with Crippen molar-refractivity contribution in [1.82, 2.24) is 4.90 Å². The molecule has 1 atom stereocenters. The van der Waals surface area contributed by atoms with Crippen molar-refractivity contribution in [1.29, 1.82) is 0 Å². The monoisotopic (exact) mass is 245 g/mol. The molecule has 3 heteroatoms. The Hall–Kier alpha value is -1.35. The van der Waals surface area contributed by atoms with E-state index < -0.39 is 0 Å². The van der Waals surface area contributed by atoms with E-state index in [0.29, 0.717) is 6.42 Å². The number of piperidine rings is 1. The predicted molar refractivity (Wildman–Crippen MR) is 70.1 cm³/mol. The molecule has 0 aromatic heterocycles. The zero-order valence-corrected chi connectivity index (χ0v) is 10.6. The second-order valence-electron chi connectivity index (χ2n) is 5.22. The molecule has 1 aromatic rings. The maximum atomic E-state index is 12.0. The van der Waals surface area contributed by atoms with Gasteiger partial charge >= 0.3 is 0 Å². The van der Waals surface area contributed by atoms with Crippen LogP contribution in [0, 0.1) is 0 Å². The summed E-state index contributed by atoms with van der Waals surface area (Å²) in [7, 11) is 0. The first kappa shape index (κ1) is 11.7. The van der Waals surface area contributed by atoms with Crippen molar-refractivity contribution in [2.24, 2.45) is 0 Å². The van der Waals surface area contributed by atoms with Crippen molar-refractivity contribution in [2.75, 3.05) is 19.6 Å². The van der Waals surface area contributed by atoms with E-state index in [9.17, 15) is 4.79 Å². The summed E-state index contributed by atoms with van der Waals surface area (Å²) in [6.45, 7) is 3.19. The van der Waals surface area contributed by atoms with Gasteiger partial charge in [0.1, 0.15) is 11.9 Å². The number of rotatable bonds is 2. The maximum Gasteiger partial charge on any atom is 0.170 e. The highest BCUT2D eigenvalue weighted by Gasteiger charge is 2.27. The Kier molecular flexibility index (Phi) is 3.33. The summed E-state index contributed by atoms with van der Waals surface area (Å²) in [6.07, 6.45) is 4.44. The number of hydrogen-bond donors (Lipinski definition) is 0. The number of benzene rings is 1. The van der Waals surface area contributed by atoms with E-state index in [4.69, 9.17) is 4.74 Å². The van der Waals surface area contributed by atoms with Gasteiger partial charge in [0.2, 0.25) is 0 Å². The van der Waals surface area contributed by atoms with Gasteiger partial charge in [-0.25, -0.2) is 0 Å². The first-order chi connectivity index (χ1) is 8.83. The lowest BCUT2D eigenvalue weighted by molar-refractivity contribution is 0.0737. The van der Waals surface area contributed by atoms with Gasteiger partial charge in [-0.2, -0.15) is 0 Å². The van der Waals surface area contributed by atoms with E-state index in [-0.39, 0.29) is 11.9 Å². The van der Waals surface area contributed by atoms with E-state index >= 15 is 0 Å². The zero-order valence-electron chi connectivity index (χ0n) is 10.6. The average molecular weight is 245 g/mol.